The molecular weight excluding hydrogens is 256 g/mol. The van der Waals surface area contributed by atoms with Gasteiger partial charge < -0.3 is 10.2 Å². The molecule has 0 unspecified atom stereocenters. The van der Waals surface area contributed by atoms with E-state index in [2.05, 4.69) is 15.2 Å². The van der Waals surface area contributed by atoms with E-state index in [0.29, 0.717) is 16.5 Å². The summed E-state index contributed by atoms with van der Waals surface area (Å²) >= 11 is 0. The van der Waals surface area contributed by atoms with Crippen LogP contribution in [0.15, 0.2) is 24.3 Å². The van der Waals surface area contributed by atoms with Gasteiger partial charge in [0.15, 0.2) is 0 Å². The summed E-state index contributed by atoms with van der Waals surface area (Å²) < 4.78 is 7.56. The lowest BCUT2D eigenvalue weighted by atomic mass is 10.1. The summed E-state index contributed by atoms with van der Waals surface area (Å²) in [6.45, 7) is 3.53. The predicted molar refractivity (Wildman–Crippen MR) is 78.2 cm³/mol. The van der Waals surface area contributed by atoms with Gasteiger partial charge in [-0.25, -0.2) is 4.98 Å². The largest absolute Gasteiger partial charge is 0.354 e. The van der Waals surface area contributed by atoms with Crippen molar-refractivity contribution in [3.05, 3.63) is 39.9 Å². The van der Waals surface area contributed by atoms with Gasteiger partial charge in [-0.05, 0) is 25.1 Å². The molecule has 1 aliphatic rings. The van der Waals surface area contributed by atoms with E-state index in [1.165, 1.54) is 6.07 Å². The van der Waals surface area contributed by atoms with E-state index in [-0.39, 0.29) is 12.6 Å². The maximum absolute atomic E-state index is 11.0. The van der Waals surface area contributed by atoms with Gasteiger partial charge in [0.2, 0.25) is 0 Å². The number of hydrogen-bond donors (Lipinski definition) is 1. The van der Waals surface area contributed by atoms with E-state index >= 15 is 0 Å². The summed E-state index contributed by atoms with van der Waals surface area (Å²) in [5.74, 6) is 0.883. The number of nitrogens with zero attached hydrogens (tertiary/aromatic N) is 3. The molecule has 1 fully saturated rings. The zero-order valence-corrected chi connectivity index (χ0v) is 11.0. The van der Waals surface area contributed by atoms with Crippen LogP contribution >= 0.6 is 0 Å². The van der Waals surface area contributed by atoms with E-state index in [9.17, 15) is 10.1 Å². The van der Waals surface area contributed by atoms with Gasteiger partial charge >= 0.3 is 0 Å². The van der Waals surface area contributed by atoms with Gasteiger partial charge in [0, 0.05) is 44.6 Å². The van der Waals surface area contributed by atoms with Crippen molar-refractivity contribution in [2.75, 3.05) is 31.1 Å². The van der Waals surface area contributed by atoms with Crippen molar-refractivity contribution in [3.8, 4) is 0 Å². The molecule has 20 heavy (non-hydrogen) atoms. The molecule has 2 aromatic rings. The van der Waals surface area contributed by atoms with E-state index in [0.717, 1.165) is 32.0 Å². The monoisotopic (exact) mass is 274 g/mol. The highest BCUT2D eigenvalue weighted by atomic mass is 16.6. The van der Waals surface area contributed by atoms with Crippen molar-refractivity contribution in [2.24, 2.45) is 0 Å². The molecule has 1 saturated heterocycles. The first kappa shape index (κ1) is 11.6. The second-order valence-electron chi connectivity index (χ2n) is 4.79. The minimum absolute atomic E-state index is 0.00535. The molecule has 1 aromatic heterocycles. The molecule has 1 aromatic carbocycles. The van der Waals surface area contributed by atoms with E-state index in [4.69, 9.17) is 1.37 Å². The van der Waals surface area contributed by atoms with Crippen LogP contribution in [0, 0.1) is 17.0 Å². The first-order chi connectivity index (χ1) is 10.2. The highest BCUT2D eigenvalue weighted by Crippen LogP contribution is 2.27. The van der Waals surface area contributed by atoms with Crippen LogP contribution < -0.4 is 10.2 Å². The molecule has 0 spiro atoms. The van der Waals surface area contributed by atoms with E-state index in [1.54, 1.807) is 6.07 Å². The number of fused-ring (bicyclic) bond motifs is 1. The number of aromatic nitrogens is 1. The normalized spacial score (nSPS) is 16.2. The number of hydrogen-bond acceptors (Lipinski definition) is 5. The maximum atomic E-state index is 11.0. The van der Waals surface area contributed by atoms with Crippen LogP contribution in [0.2, 0.25) is 0 Å². The predicted octanol–water partition coefficient (Wildman–Crippen LogP) is 1.86. The van der Waals surface area contributed by atoms with Crippen molar-refractivity contribution in [3.63, 3.8) is 0 Å². The highest BCUT2D eigenvalue weighted by Gasteiger charge is 2.16. The van der Waals surface area contributed by atoms with Crippen LogP contribution in [0.3, 0.4) is 0 Å². The van der Waals surface area contributed by atoms with Gasteiger partial charge in [-0.3, -0.25) is 10.1 Å². The molecule has 0 amide bonds. The van der Waals surface area contributed by atoms with Crippen molar-refractivity contribution in [2.45, 2.75) is 6.90 Å². The Morgan fingerprint density at radius 2 is 2.15 bits per heavy atom. The molecule has 6 nitrogen and oxygen atoms in total. The van der Waals surface area contributed by atoms with Crippen LogP contribution in [0.25, 0.3) is 10.9 Å². The van der Waals surface area contributed by atoms with E-state index < -0.39 is 4.92 Å². The Hall–Kier alpha value is -2.21. The number of anilines is 1. The van der Waals surface area contributed by atoms with Gasteiger partial charge in [0.1, 0.15) is 5.82 Å². The summed E-state index contributed by atoms with van der Waals surface area (Å²) in [6.07, 6.45) is 0. The lowest BCUT2D eigenvalue weighted by Gasteiger charge is -2.28. The zero-order valence-electron chi connectivity index (χ0n) is 12.0. The SMILES string of the molecule is [3H]Cc1c([N+](=O)[O-])ccc2nc(N3CCNCC3)ccc12. The third-order valence-corrected chi connectivity index (χ3v) is 3.58. The number of benzene rings is 1. The minimum Gasteiger partial charge on any atom is -0.354 e. The Morgan fingerprint density at radius 1 is 1.35 bits per heavy atom. The number of rotatable bonds is 2. The van der Waals surface area contributed by atoms with Crippen LogP contribution in [0.1, 0.15) is 6.93 Å². The molecule has 1 N–H and O–H groups in total. The lowest BCUT2D eigenvalue weighted by molar-refractivity contribution is -0.385. The first-order valence-corrected chi connectivity index (χ1v) is 6.52. The molecule has 1 aliphatic heterocycles. The average Bonchev–Trinajstić information content (AvgIpc) is 2.53. The summed E-state index contributed by atoms with van der Waals surface area (Å²) in [4.78, 5) is 17.4. The smallest absolute Gasteiger partial charge is 0.273 e. The molecule has 0 radical (unpaired) electrons. The number of nitrogens with one attached hydrogen (secondary N) is 1. The van der Waals surface area contributed by atoms with Crippen LogP contribution in [0.5, 0.6) is 0 Å². The van der Waals surface area contributed by atoms with Crippen LogP contribution in [-0.2, 0) is 0 Å². The lowest BCUT2D eigenvalue weighted by Crippen LogP contribution is -2.43. The minimum atomic E-state index is -0.437. The Kier molecular flexibility index (Phi) is 2.93. The zero-order chi connectivity index (χ0) is 14.8. The molecule has 0 bridgehead atoms. The van der Waals surface area contributed by atoms with E-state index in [1.807, 2.05) is 12.1 Å². The Balaban J connectivity index is 2.06. The number of nitro benzene ring substituents is 1. The second-order valence-corrected chi connectivity index (χ2v) is 4.79. The fraction of sp³-hybridized carbons (Fsp3) is 0.357. The summed E-state index contributed by atoms with van der Waals surface area (Å²) in [5, 5.41) is 15.0. The maximum Gasteiger partial charge on any atom is 0.273 e. The highest BCUT2D eigenvalue weighted by molar-refractivity contribution is 5.86. The molecule has 0 atom stereocenters. The molecular formula is C14H16N4O2. The van der Waals surface area contributed by atoms with Gasteiger partial charge in [0.25, 0.3) is 5.69 Å². The van der Waals surface area contributed by atoms with Crippen molar-refractivity contribution >= 4 is 22.4 Å². The first-order valence-electron chi connectivity index (χ1n) is 7.23. The summed E-state index contributed by atoms with van der Waals surface area (Å²) in [7, 11) is 0. The van der Waals surface area contributed by atoms with Gasteiger partial charge in [0.05, 0.1) is 10.4 Å². The summed E-state index contributed by atoms with van der Waals surface area (Å²) in [6, 6.07) is 6.84. The number of nitro groups is 1. The second kappa shape index (κ2) is 5.05. The van der Waals surface area contributed by atoms with Gasteiger partial charge in [-0.1, -0.05) is 0 Å². The Morgan fingerprint density at radius 3 is 2.85 bits per heavy atom. The van der Waals surface area contributed by atoms with Crippen molar-refractivity contribution in [1.82, 2.24) is 10.3 Å². The third kappa shape index (κ3) is 2.18. The van der Waals surface area contributed by atoms with Crippen LogP contribution in [-0.4, -0.2) is 36.1 Å². The van der Waals surface area contributed by atoms with Crippen LogP contribution in [0.4, 0.5) is 11.5 Å². The fourth-order valence-electron chi connectivity index (χ4n) is 2.48. The standard InChI is InChI=1S/C14H16N4O2/c1-10-11-2-5-14(17-8-6-15-7-9-17)16-12(11)3-4-13(10)18(19)20/h2-5,15H,6-9H2,1H3/i1T. The molecule has 0 aliphatic carbocycles. The van der Waals surface area contributed by atoms with Crippen molar-refractivity contribution in [1.29, 1.82) is 0 Å². The average molecular weight is 274 g/mol. The summed E-state index contributed by atoms with van der Waals surface area (Å²) in [5.41, 5.74) is 1.13. The van der Waals surface area contributed by atoms with Gasteiger partial charge in [-0.2, -0.15) is 0 Å². The Labute approximate surface area is 118 Å². The van der Waals surface area contributed by atoms with Crippen molar-refractivity contribution < 1.29 is 6.29 Å². The molecule has 6 heteroatoms. The molecule has 3 rings (SSSR count). The quantitative estimate of drug-likeness (QED) is 0.668. The molecule has 2 heterocycles. The Bertz CT molecular complexity index is 686. The number of pyridine rings is 1. The number of aryl methyl sites for hydroxylation is 1. The number of piperazine rings is 1. The topological polar surface area (TPSA) is 71.3 Å². The fourth-order valence-corrected chi connectivity index (χ4v) is 2.48. The van der Waals surface area contributed by atoms with Gasteiger partial charge in [-0.15, -0.1) is 0 Å². The third-order valence-electron chi connectivity index (χ3n) is 3.58. The molecule has 0 saturated carbocycles. The molecule has 104 valence electrons.